The van der Waals surface area contributed by atoms with Crippen molar-refractivity contribution >= 4 is 36.4 Å². The van der Waals surface area contributed by atoms with Gasteiger partial charge in [0, 0.05) is 10.4 Å². The molecule has 12 nitrogen and oxygen atoms in total. The topological polar surface area (TPSA) is 171 Å². The summed E-state index contributed by atoms with van der Waals surface area (Å²) in [6, 6.07) is 12.8. The van der Waals surface area contributed by atoms with E-state index in [0.717, 1.165) is 12.7 Å². The van der Waals surface area contributed by atoms with Crippen molar-refractivity contribution in [1.82, 2.24) is 10.3 Å². The van der Waals surface area contributed by atoms with Crippen LogP contribution in [-0.4, -0.2) is 76.0 Å². The molecule has 3 N–H and O–H groups in total. The Morgan fingerprint density at radius 3 is 2.48 bits per heavy atom. The average Bonchev–Trinajstić information content (AvgIpc) is 3.15. The van der Waals surface area contributed by atoms with Crippen LogP contribution in [0, 0.1) is 5.92 Å². The lowest BCUT2D eigenvalue weighted by Crippen LogP contribution is -2.59. The highest BCUT2D eigenvalue weighted by Gasteiger charge is 2.68. The summed E-state index contributed by atoms with van der Waals surface area (Å²) in [6.07, 6.45) is -2.42. The van der Waals surface area contributed by atoms with Crippen LogP contribution in [0.15, 0.2) is 48.5 Å². The van der Waals surface area contributed by atoms with E-state index in [2.05, 4.69) is 19.7 Å². The smallest absolute Gasteiger partial charge is 0.576 e. The van der Waals surface area contributed by atoms with Gasteiger partial charge in [-0.1, -0.05) is 56.7 Å². The maximum absolute atomic E-state index is 13.6. The Morgan fingerprint density at radius 1 is 1.12 bits per heavy atom. The van der Waals surface area contributed by atoms with Crippen molar-refractivity contribution in [3.8, 4) is 11.3 Å². The monoisotopic (exact) mass is 582 g/mol. The molecule has 1 aromatic heterocycles. The Labute approximate surface area is 243 Å². The van der Waals surface area contributed by atoms with E-state index in [1.165, 1.54) is 13.0 Å². The number of benzene rings is 1. The molecule has 5 atom stereocenters. The van der Waals surface area contributed by atoms with Crippen molar-refractivity contribution in [2.45, 2.75) is 70.0 Å². The zero-order valence-electron chi connectivity index (χ0n) is 23.9. The summed E-state index contributed by atoms with van der Waals surface area (Å²) in [6.45, 7) is 2.09. The summed E-state index contributed by atoms with van der Waals surface area (Å²) < 4.78 is 20.4. The number of ether oxygens (including phenoxy) is 1. The highest BCUT2D eigenvalue weighted by Crippen LogP contribution is 2.47. The number of methoxy groups -OCH3 is 1. The second-order valence-electron chi connectivity index (χ2n) is 11.2. The normalized spacial score (nSPS) is 23.4. The standard InChI is InChI=1S/C29H35BN2O10/c1-17(2)13-20(30-40-25(36)16-29(42-30,28(38)41-30)15-24(35)39-4)14-23(34)26(18(3)33)32-27(37)22-12-8-11-21(31-22)19-9-6-5-7-10-19/h5-12,17-18,20,26,33,40H,13-16H2,1-4H3,(H,32,37)/t18-,20-,26+,29+,30?/m1/s1. The average molecular weight is 582 g/mol. The van der Waals surface area contributed by atoms with Gasteiger partial charge >= 0.3 is 18.7 Å². The fraction of sp³-hybridized carbons (Fsp3) is 0.448. The molecular weight excluding hydrogens is 547 g/mol. The second kappa shape index (κ2) is 12.4. The number of rotatable bonds is 12. The molecule has 1 aromatic carbocycles. The van der Waals surface area contributed by atoms with Crippen molar-refractivity contribution in [2.75, 3.05) is 7.11 Å². The molecule has 42 heavy (non-hydrogen) atoms. The number of nitrogens with one attached hydrogen (secondary N) is 1. The number of aromatic nitrogens is 1. The summed E-state index contributed by atoms with van der Waals surface area (Å²) in [5, 5.41) is 13.1. The lowest BCUT2D eigenvalue weighted by molar-refractivity contribution is -0.171. The summed E-state index contributed by atoms with van der Waals surface area (Å²) in [4.78, 5) is 68.9. The summed E-state index contributed by atoms with van der Waals surface area (Å²) in [5.74, 6) is -4.59. The number of hydrogen-bond donors (Lipinski definition) is 2. The number of aliphatic hydroxyl groups is 1. The Morgan fingerprint density at radius 2 is 1.83 bits per heavy atom. The van der Waals surface area contributed by atoms with Gasteiger partial charge < -0.3 is 29.1 Å². The van der Waals surface area contributed by atoms with Crippen molar-refractivity contribution in [3.63, 3.8) is 0 Å². The fourth-order valence-corrected chi connectivity index (χ4v) is 5.50. The second-order valence-corrected chi connectivity index (χ2v) is 11.2. The number of carbonyl (C=O) groups is 5. The highest BCUT2D eigenvalue weighted by atomic mass is 16.8. The van der Waals surface area contributed by atoms with Crippen LogP contribution in [0.4, 0.5) is 0 Å². The summed E-state index contributed by atoms with van der Waals surface area (Å²) >= 11 is 0. The van der Waals surface area contributed by atoms with E-state index in [9.17, 15) is 29.1 Å². The van der Waals surface area contributed by atoms with Gasteiger partial charge in [-0.3, -0.25) is 19.2 Å². The van der Waals surface area contributed by atoms with Crippen LogP contribution in [0.25, 0.3) is 11.3 Å². The van der Waals surface area contributed by atoms with Crippen LogP contribution in [0.5, 0.6) is 0 Å². The molecule has 1 amide bonds. The van der Waals surface area contributed by atoms with Crippen molar-refractivity contribution in [1.29, 1.82) is 0 Å². The molecule has 0 saturated carbocycles. The Balaban J connectivity index is 1.56. The predicted molar refractivity (Wildman–Crippen MR) is 150 cm³/mol. The maximum Gasteiger partial charge on any atom is 0.576 e. The number of aliphatic hydroxyl groups excluding tert-OH is 1. The van der Waals surface area contributed by atoms with Gasteiger partial charge in [0.2, 0.25) is 0 Å². The number of amides is 1. The van der Waals surface area contributed by atoms with E-state index >= 15 is 0 Å². The first-order valence-corrected chi connectivity index (χ1v) is 13.8. The number of fused-ring (bicyclic) bond motifs is 2. The third kappa shape index (κ3) is 6.52. The van der Waals surface area contributed by atoms with Crippen molar-refractivity contribution in [3.05, 3.63) is 54.2 Å². The van der Waals surface area contributed by atoms with Crippen molar-refractivity contribution in [2.24, 2.45) is 5.92 Å². The molecule has 2 saturated heterocycles. The quantitative estimate of drug-likeness (QED) is 0.214. The zero-order valence-corrected chi connectivity index (χ0v) is 23.9. The van der Waals surface area contributed by atoms with E-state index < -0.39 is 72.8 Å². The molecule has 3 heterocycles. The fourth-order valence-electron chi connectivity index (χ4n) is 5.50. The Kier molecular flexibility index (Phi) is 9.12. The van der Waals surface area contributed by atoms with Crippen LogP contribution in [0.2, 0.25) is 5.82 Å². The van der Waals surface area contributed by atoms with Crippen LogP contribution in [0.3, 0.4) is 0 Å². The maximum atomic E-state index is 13.6. The van der Waals surface area contributed by atoms with E-state index in [1.807, 2.05) is 44.2 Å². The molecule has 2 aromatic rings. The van der Waals surface area contributed by atoms with Gasteiger partial charge in [0.25, 0.3) is 11.9 Å². The molecule has 2 aliphatic heterocycles. The Bertz CT molecular complexity index is 1370. The number of esters is 1. The number of nitrogens with zero attached hydrogens (tertiary/aromatic N) is 1. The largest absolute Gasteiger partial charge is 0.718 e. The van der Waals surface area contributed by atoms with Gasteiger partial charge in [0.15, 0.2) is 11.4 Å². The van der Waals surface area contributed by atoms with Crippen molar-refractivity contribution < 1.29 is 47.8 Å². The van der Waals surface area contributed by atoms with E-state index in [-0.39, 0.29) is 24.5 Å². The molecule has 0 radical (unpaired) electrons. The van der Waals surface area contributed by atoms with E-state index in [1.54, 1.807) is 12.1 Å². The summed E-state index contributed by atoms with van der Waals surface area (Å²) in [7, 11) is 1.14. The number of ketones is 1. The minimum absolute atomic E-state index is 0.0462. The minimum atomic E-state index is -3.00. The first-order valence-electron chi connectivity index (χ1n) is 13.8. The molecule has 2 aliphatic rings. The molecule has 13 heteroatoms. The third-order valence-corrected chi connectivity index (χ3v) is 7.46. The Hall–Kier alpha value is -4.10. The lowest BCUT2D eigenvalue weighted by atomic mass is 9.57. The number of carboxylic acids is 1. The summed E-state index contributed by atoms with van der Waals surface area (Å²) in [5.41, 5.74) is -0.489. The van der Waals surface area contributed by atoms with Gasteiger partial charge in [-0.2, -0.15) is 0 Å². The molecule has 0 aliphatic carbocycles. The van der Waals surface area contributed by atoms with Gasteiger partial charge in [0.05, 0.1) is 25.3 Å². The molecule has 0 spiro atoms. The number of carbonyl (C=O) groups excluding carboxylic acids is 4. The molecule has 224 valence electrons. The highest BCUT2D eigenvalue weighted by molar-refractivity contribution is 6.67. The number of aliphatic carboxylic acids is 1. The SMILES string of the molecule is COC(=O)C[C@]12CC(=O)[OH+][B-]([C@@H](CC(=O)[C@@H](NC(=O)c3cccc(-c4ccccc4)n3)[C@@H](C)O)CC(C)C)(OC1=O)O2. The minimum Gasteiger partial charge on any atom is -0.718 e. The van der Waals surface area contributed by atoms with Gasteiger partial charge in [-0.05, 0) is 37.2 Å². The lowest BCUT2D eigenvalue weighted by Gasteiger charge is -2.43. The van der Waals surface area contributed by atoms with Crippen LogP contribution in [-0.2, 0) is 33.2 Å². The first kappa shape index (κ1) is 30.9. The number of hydrogen-bond acceptors (Lipinski definition) is 10. The number of pyridine rings is 1. The molecule has 4 rings (SSSR count). The van der Waals surface area contributed by atoms with Crippen LogP contribution in [0.1, 0.15) is 56.9 Å². The first-order chi connectivity index (χ1) is 19.9. The van der Waals surface area contributed by atoms with Crippen LogP contribution >= 0.6 is 0 Å². The van der Waals surface area contributed by atoms with Gasteiger partial charge in [-0.25, -0.2) is 4.98 Å². The van der Waals surface area contributed by atoms with E-state index in [0.29, 0.717) is 5.69 Å². The van der Waals surface area contributed by atoms with Crippen LogP contribution < -0.4 is 5.32 Å². The molecular formula is C29H35BN2O10. The predicted octanol–water partition coefficient (Wildman–Crippen LogP) is 1.88. The van der Waals surface area contributed by atoms with E-state index in [4.69, 9.17) is 9.31 Å². The zero-order chi connectivity index (χ0) is 30.7. The number of Topliss-reactive ketones (excluding diaryl/α,β-unsaturated/α-hetero) is 1. The van der Waals surface area contributed by atoms with Gasteiger partial charge in [-0.15, -0.1) is 0 Å². The van der Waals surface area contributed by atoms with Gasteiger partial charge in [0.1, 0.15) is 18.2 Å². The molecule has 2 fully saturated rings. The third-order valence-electron chi connectivity index (χ3n) is 7.46. The molecule has 2 bridgehead atoms. The molecule has 1 unspecified atom stereocenters.